The maximum absolute atomic E-state index is 12.6. The molecule has 3 aromatic rings. The molecule has 200 valence electrons. The Morgan fingerprint density at radius 2 is 1.39 bits per heavy atom. The molecule has 0 heterocycles. The Bertz CT molecular complexity index is 1310. The van der Waals surface area contributed by atoms with Crippen LogP contribution in [0.1, 0.15) is 36.7 Å². The number of carbonyl (C=O) groups is 1. The second kappa shape index (κ2) is 11.8. The van der Waals surface area contributed by atoms with E-state index in [9.17, 15) is 18.0 Å². The van der Waals surface area contributed by atoms with Crippen LogP contribution in [0.15, 0.2) is 72.9 Å². The number of alkyl halides is 3. The monoisotopic (exact) mass is 566 g/mol. The quantitative estimate of drug-likeness (QED) is 0.170. The SMILES string of the molecule is CC(C)(C)OC(=O)c1ccc(OC(=N)/C(=C\Nc2cc(Cl)cc(Cl)c2)c2ccc(OC(F)(F)F)cc2)cc1. The number of benzene rings is 3. The lowest BCUT2D eigenvalue weighted by Gasteiger charge is -2.19. The molecule has 11 heteroatoms. The van der Waals surface area contributed by atoms with Crippen molar-refractivity contribution in [1.29, 1.82) is 5.41 Å². The molecule has 6 nitrogen and oxygen atoms in total. The summed E-state index contributed by atoms with van der Waals surface area (Å²) in [7, 11) is 0. The molecule has 3 rings (SSSR count). The summed E-state index contributed by atoms with van der Waals surface area (Å²) in [4.78, 5) is 12.2. The van der Waals surface area contributed by atoms with Crippen LogP contribution >= 0.6 is 23.2 Å². The Kier molecular flexibility index (Phi) is 8.96. The van der Waals surface area contributed by atoms with Crippen LogP contribution < -0.4 is 14.8 Å². The van der Waals surface area contributed by atoms with Gasteiger partial charge in [0.15, 0.2) is 0 Å². The minimum atomic E-state index is -4.84. The van der Waals surface area contributed by atoms with E-state index in [1.807, 2.05) is 0 Å². The second-order valence-corrected chi connectivity index (χ2v) is 9.76. The molecule has 0 radical (unpaired) electrons. The van der Waals surface area contributed by atoms with Gasteiger partial charge in [0.2, 0.25) is 5.90 Å². The van der Waals surface area contributed by atoms with E-state index in [0.717, 1.165) is 12.1 Å². The minimum Gasteiger partial charge on any atom is -0.456 e. The van der Waals surface area contributed by atoms with E-state index in [1.54, 1.807) is 39.0 Å². The van der Waals surface area contributed by atoms with Gasteiger partial charge in [0.1, 0.15) is 17.1 Å². The predicted octanol–water partition coefficient (Wildman–Crippen LogP) is 8.36. The number of halogens is 5. The molecule has 0 aromatic heterocycles. The molecule has 2 N–H and O–H groups in total. The molecular formula is C27H23Cl2F3N2O4. The van der Waals surface area contributed by atoms with Crippen LogP contribution in [0.2, 0.25) is 10.0 Å². The highest BCUT2D eigenvalue weighted by atomic mass is 35.5. The van der Waals surface area contributed by atoms with Crippen molar-refractivity contribution in [3.05, 3.63) is 94.1 Å². The third-order valence-electron chi connectivity index (χ3n) is 4.60. The van der Waals surface area contributed by atoms with Crippen molar-refractivity contribution in [1.82, 2.24) is 0 Å². The highest BCUT2D eigenvalue weighted by Gasteiger charge is 2.31. The first-order chi connectivity index (χ1) is 17.7. The zero-order valence-electron chi connectivity index (χ0n) is 20.5. The van der Waals surface area contributed by atoms with Gasteiger partial charge < -0.3 is 19.5 Å². The number of rotatable bonds is 7. The predicted molar refractivity (Wildman–Crippen MR) is 141 cm³/mol. The fourth-order valence-corrected chi connectivity index (χ4v) is 3.60. The summed E-state index contributed by atoms with van der Waals surface area (Å²) in [5, 5.41) is 12.3. The van der Waals surface area contributed by atoms with E-state index in [-0.39, 0.29) is 17.2 Å². The molecule has 0 atom stereocenters. The first-order valence-corrected chi connectivity index (χ1v) is 11.8. The summed E-state index contributed by atoms with van der Waals surface area (Å²) in [6.07, 6.45) is -3.41. The number of anilines is 1. The van der Waals surface area contributed by atoms with Gasteiger partial charge in [-0.1, -0.05) is 35.3 Å². The molecule has 0 aliphatic rings. The number of carbonyl (C=O) groups excluding carboxylic acids is 1. The molecule has 0 saturated carbocycles. The second-order valence-electron chi connectivity index (χ2n) is 8.89. The van der Waals surface area contributed by atoms with Crippen molar-refractivity contribution in [3.8, 4) is 11.5 Å². The van der Waals surface area contributed by atoms with Crippen molar-refractivity contribution in [2.24, 2.45) is 0 Å². The van der Waals surface area contributed by atoms with Crippen LogP contribution in [0, 0.1) is 5.41 Å². The Morgan fingerprint density at radius 3 is 1.92 bits per heavy atom. The molecule has 0 bridgehead atoms. The maximum atomic E-state index is 12.6. The molecule has 0 amide bonds. The van der Waals surface area contributed by atoms with Crippen LogP contribution in [0.25, 0.3) is 5.57 Å². The number of ether oxygens (including phenoxy) is 3. The number of nitrogens with one attached hydrogen (secondary N) is 2. The Balaban J connectivity index is 1.86. The van der Waals surface area contributed by atoms with Gasteiger partial charge in [-0.05, 0) is 80.9 Å². The molecule has 0 fully saturated rings. The summed E-state index contributed by atoms with van der Waals surface area (Å²) >= 11 is 12.1. The fraction of sp³-hybridized carbons (Fsp3) is 0.185. The zero-order chi connectivity index (χ0) is 28.1. The Morgan fingerprint density at radius 1 is 0.868 bits per heavy atom. The first-order valence-electron chi connectivity index (χ1n) is 11.1. The van der Waals surface area contributed by atoms with E-state index in [1.165, 1.54) is 42.6 Å². The highest BCUT2D eigenvalue weighted by molar-refractivity contribution is 6.35. The molecule has 0 aliphatic carbocycles. The van der Waals surface area contributed by atoms with Crippen molar-refractivity contribution in [2.75, 3.05) is 5.32 Å². The van der Waals surface area contributed by atoms with Gasteiger partial charge >= 0.3 is 12.3 Å². The van der Waals surface area contributed by atoms with E-state index >= 15 is 0 Å². The number of hydrogen-bond acceptors (Lipinski definition) is 6. The van der Waals surface area contributed by atoms with Crippen molar-refractivity contribution >= 4 is 46.3 Å². The van der Waals surface area contributed by atoms with Crippen LogP contribution in [-0.2, 0) is 4.74 Å². The van der Waals surface area contributed by atoms with E-state index in [0.29, 0.717) is 26.9 Å². The van der Waals surface area contributed by atoms with Crippen molar-refractivity contribution < 1.29 is 32.2 Å². The fourth-order valence-electron chi connectivity index (χ4n) is 3.08. The van der Waals surface area contributed by atoms with Crippen molar-refractivity contribution in [2.45, 2.75) is 32.7 Å². The Hall–Kier alpha value is -3.69. The lowest BCUT2D eigenvalue weighted by Crippen LogP contribution is -2.23. The average Bonchev–Trinajstić information content (AvgIpc) is 2.78. The third-order valence-corrected chi connectivity index (χ3v) is 5.03. The first kappa shape index (κ1) is 28.9. The van der Waals surface area contributed by atoms with Crippen LogP contribution in [-0.4, -0.2) is 23.8 Å². The summed E-state index contributed by atoms with van der Waals surface area (Å²) in [6.45, 7) is 5.26. The van der Waals surface area contributed by atoms with Gasteiger partial charge in [0.05, 0.1) is 11.1 Å². The molecule has 0 aliphatic heterocycles. The smallest absolute Gasteiger partial charge is 0.456 e. The highest BCUT2D eigenvalue weighted by Crippen LogP contribution is 2.27. The number of esters is 1. The van der Waals surface area contributed by atoms with Crippen LogP contribution in [0.5, 0.6) is 11.5 Å². The molecule has 0 saturated heterocycles. The molecule has 3 aromatic carbocycles. The molecular weight excluding hydrogens is 544 g/mol. The summed E-state index contributed by atoms with van der Waals surface area (Å²) in [6, 6.07) is 15.7. The van der Waals surface area contributed by atoms with Gasteiger partial charge in [0, 0.05) is 21.9 Å². The van der Waals surface area contributed by atoms with Gasteiger partial charge in [-0.25, -0.2) is 4.79 Å². The van der Waals surface area contributed by atoms with E-state index in [2.05, 4.69) is 10.1 Å². The Labute approximate surface area is 227 Å². The average molecular weight is 567 g/mol. The zero-order valence-corrected chi connectivity index (χ0v) is 22.0. The standard InChI is InChI=1S/C27H23Cl2F3N2O4/c1-26(2,3)38-25(35)17-6-8-21(9-7-17)36-24(33)23(15-34-20-13-18(28)12-19(29)14-20)16-4-10-22(11-5-16)37-27(30,31)32/h4-15,33-34H,1-3H3/b23-15-,33-24?. The lowest BCUT2D eigenvalue weighted by molar-refractivity contribution is -0.274. The summed E-state index contributed by atoms with van der Waals surface area (Å²) in [5.74, 6) is -1.01. The molecule has 0 spiro atoms. The van der Waals surface area contributed by atoms with Gasteiger partial charge in [0.25, 0.3) is 0 Å². The van der Waals surface area contributed by atoms with E-state index < -0.39 is 23.7 Å². The summed E-state index contributed by atoms with van der Waals surface area (Å²) in [5.41, 5.74) is 0.696. The van der Waals surface area contributed by atoms with E-state index in [4.69, 9.17) is 38.1 Å². The minimum absolute atomic E-state index is 0.191. The van der Waals surface area contributed by atoms with Crippen LogP contribution in [0.3, 0.4) is 0 Å². The lowest BCUT2D eigenvalue weighted by atomic mass is 10.1. The largest absolute Gasteiger partial charge is 0.573 e. The topological polar surface area (TPSA) is 80.6 Å². The molecule has 0 unspecified atom stereocenters. The van der Waals surface area contributed by atoms with Crippen molar-refractivity contribution in [3.63, 3.8) is 0 Å². The molecule has 38 heavy (non-hydrogen) atoms. The third kappa shape index (κ3) is 9.00. The summed E-state index contributed by atoms with van der Waals surface area (Å²) < 4.78 is 52.6. The van der Waals surface area contributed by atoms with Crippen LogP contribution in [0.4, 0.5) is 18.9 Å². The number of hydrogen-bond donors (Lipinski definition) is 2. The maximum Gasteiger partial charge on any atom is 0.573 e. The normalized spacial score (nSPS) is 12.1. The van der Waals surface area contributed by atoms with Gasteiger partial charge in [-0.15, -0.1) is 13.2 Å². The van der Waals surface area contributed by atoms with Gasteiger partial charge in [-0.2, -0.15) is 0 Å². The van der Waals surface area contributed by atoms with Gasteiger partial charge in [-0.3, -0.25) is 5.41 Å².